The number of carbonyl (C=O) groups excluding carboxylic acids is 1. The Hall–Kier alpha value is -1.31. The Balaban J connectivity index is 1.75. The first-order valence-corrected chi connectivity index (χ1v) is 10.0. The molecule has 0 saturated carbocycles. The summed E-state index contributed by atoms with van der Waals surface area (Å²) in [5.41, 5.74) is 2.56. The van der Waals surface area contributed by atoms with Crippen molar-refractivity contribution in [3.05, 3.63) is 35.4 Å². The Morgan fingerprint density at radius 1 is 0.917 bits per heavy atom. The second kappa shape index (κ2) is 10.5. The first-order valence-electron chi connectivity index (χ1n) is 10.0. The number of unbranched alkanes of at least 4 members (excludes halogenated alkanes) is 6. The van der Waals surface area contributed by atoms with Crippen LogP contribution >= 0.6 is 0 Å². The summed E-state index contributed by atoms with van der Waals surface area (Å²) in [7, 11) is 0. The quantitative estimate of drug-likeness (QED) is 0.347. The summed E-state index contributed by atoms with van der Waals surface area (Å²) in [5.74, 6) is 0.113. The molecule has 134 valence electrons. The van der Waals surface area contributed by atoms with Crippen LogP contribution in [0.25, 0.3) is 0 Å². The predicted molar refractivity (Wildman–Crippen MR) is 100.0 cm³/mol. The van der Waals surface area contributed by atoms with Crippen molar-refractivity contribution in [2.24, 2.45) is 5.92 Å². The molecule has 1 heterocycles. The molecule has 0 amide bonds. The molecule has 0 radical (unpaired) electrons. The van der Waals surface area contributed by atoms with Gasteiger partial charge in [-0.25, -0.2) is 0 Å². The van der Waals surface area contributed by atoms with Crippen molar-refractivity contribution in [3.63, 3.8) is 0 Å². The summed E-state index contributed by atoms with van der Waals surface area (Å²) in [5, 5.41) is 0. The van der Waals surface area contributed by atoms with Crippen LogP contribution in [0.2, 0.25) is 0 Å². The first kappa shape index (κ1) is 19.0. The molecule has 2 rings (SSSR count). The molecule has 0 N–H and O–H groups in total. The summed E-state index contributed by atoms with van der Waals surface area (Å²) in [4.78, 5) is 12.0. The molecule has 1 aliphatic rings. The normalized spacial score (nSPS) is 20.3. The summed E-state index contributed by atoms with van der Waals surface area (Å²) in [6.45, 7) is 4.43. The van der Waals surface area contributed by atoms with Gasteiger partial charge in [-0.2, -0.15) is 0 Å². The highest BCUT2D eigenvalue weighted by Gasteiger charge is 2.34. The average Bonchev–Trinajstić information content (AvgIpc) is 2.97. The van der Waals surface area contributed by atoms with Crippen molar-refractivity contribution in [2.75, 3.05) is 0 Å². The Morgan fingerprint density at radius 2 is 1.58 bits per heavy atom. The first-order chi connectivity index (χ1) is 11.7. The maximum Gasteiger partial charge on any atom is 0.309 e. The van der Waals surface area contributed by atoms with E-state index in [0.717, 1.165) is 37.7 Å². The van der Waals surface area contributed by atoms with Crippen molar-refractivity contribution < 1.29 is 9.53 Å². The number of hydrogen-bond donors (Lipinski definition) is 0. The number of benzene rings is 1. The molecule has 0 aliphatic carbocycles. The number of esters is 1. The summed E-state index contributed by atoms with van der Waals surface area (Å²) in [6.07, 6.45) is 13.3. The van der Waals surface area contributed by atoms with Gasteiger partial charge < -0.3 is 4.74 Å². The molecule has 1 aromatic carbocycles. The van der Waals surface area contributed by atoms with Crippen LogP contribution in [-0.4, -0.2) is 5.97 Å². The minimum absolute atomic E-state index is 0.00426. The fourth-order valence-corrected chi connectivity index (χ4v) is 3.54. The molecule has 2 nitrogen and oxygen atoms in total. The van der Waals surface area contributed by atoms with E-state index in [-0.39, 0.29) is 18.0 Å². The molecule has 1 aromatic rings. The highest BCUT2D eigenvalue weighted by molar-refractivity contribution is 5.74. The van der Waals surface area contributed by atoms with E-state index in [1.807, 2.05) is 0 Å². The molecule has 1 fully saturated rings. The van der Waals surface area contributed by atoms with Gasteiger partial charge in [0.1, 0.15) is 6.10 Å². The zero-order chi connectivity index (χ0) is 17.2. The van der Waals surface area contributed by atoms with E-state index in [2.05, 4.69) is 38.1 Å². The van der Waals surface area contributed by atoms with E-state index in [4.69, 9.17) is 4.74 Å². The SMILES string of the molecule is CCCCCCCCc1ccc(C2CC(CCCC)C(=O)O2)cc1. The monoisotopic (exact) mass is 330 g/mol. The van der Waals surface area contributed by atoms with Gasteiger partial charge in [0.15, 0.2) is 0 Å². The van der Waals surface area contributed by atoms with Crippen molar-refractivity contribution >= 4 is 5.97 Å². The van der Waals surface area contributed by atoms with Gasteiger partial charge in [-0.3, -0.25) is 4.79 Å². The van der Waals surface area contributed by atoms with Crippen molar-refractivity contribution in [3.8, 4) is 0 Å². The molecular weight excluding hydrogens is 296 g/mol. The molecule has 2 heteroatoms. The van der Waals surface area contributed by atoms with Gasteiger partial charge in [0.2, 0.25) is 0 Å². The topological polar surface area (TPSA) is 26.3 Å². The Kier molecular flexibility index (Phi) is 8.35. The fraction of sp³-hybridized carbons (Fsp3) is 0.682. The van der Waals surface area contributed by atoms with E-state index >= 15 is 0 Å². The molecule has 24 heavy (non-hydrogen) atoms. The van der Waals surface area contributed by atoms with Gasteiger partial charge in [-0.15, -0.1) is 0 Å². The minimum Gasteiger partial charge on any atom is -0.457 e. The number of carbonyl (C=O) groups is 1. The molecule has 0 spiro atoms. The number of ether oxygens (including phenoxy) is 1. The van der Waals surface area contributed by atoms with E-state index in [1.165, 1.54) is 44.1 Å². The maximum absolute atomic E-state index is 12.0. The van der Waals surface area contributed by atoms with Crippen LogP contribution in [0.3, 0.4) is 0 Å². The standard InChI is InChI=1S/C22H34O2/c1-3-5-7-8-9-10-11-18-13-15-19(16-14-18)21-17-20(12-6-4-2)22(23)24-21/h13-16,20-21H,3-12,17H2,1-2H3. The predicted octanol–water partition coefficient (Wildman–Crippen LogP) is 6.38. The van der Waals surface area contributed by atoms with E-state index in [1.54, 1.807) is 0 Å². The third-order valence-electron chi connectivity index (χ3n) is 5.17. The zero-order valence-corrected chi connectivity index (χ0v) is 15.6. The van der Waals surface area contributed by atoms with Crippen LogP contribution in [0, 0.1) is 5.92 Å². The third kappa shape index (κ3) is 5.96. The maximum atomic E-state index is 12.0. The number of cyclic esters (lactones) is 1. The number of aryl methyl sites for hydroxylation is 1. The van der Waals surface area contributed by atoms with Crippen LogP contribution in [0.4, 0.5) is 0 Å². The van der Waals surface area contributed by atoms with E-state index in [9.17, 15) is 4.79 Å². The van der Waals surface area contributed by atoms with Gasteiger partial charge in [0.25, 0.3) is 0 Å². The van der Waals surface area contributed by atoms with Crippen LogP contribution in [0.1, 0.15) is 95.3 Å². The van der Waals surface area contributed by atoms with Gasteiger partial charge in [0, 0.05) is 6.42 Å². The van der Waals surface area contributed by atoms with E-state index in [0.29, 0.717) is 0 Å². The Bertz CT molecular complexity index is 477. The Labute approximate surface area is 148 Å². The summed E-state index contributed by atoms with van der Waals surface area (Å²) in [6, 6.07) is 8.75. The summed E-state index contributed by atoms with van der Waals surface area (Å²) >= 11 is 0. The lowest BCUT2D eigenvalue weighted by Gasteiger charge is -2.10. The fourth-order valence-electron chi connectivity index (χ4n) is 3.54. The molecule has 2 atom stereocenters. The molecule has 1 saturated heterocycles. The smallest absolute Gasteiger partial charge is 0.309 e. The van der Waals surface area contributed by atoms with Gasteiger partial charge in [-0.05, 0) is 30.4 Å². The Morgan fingerprint density at radius 3 is 2.29 bits per heavy atom. The molecule has 0 bridgehead atoms. The lowest BCUT2D eigenvalue weighted by molar-refractivity contribution is -0.144. The van der Waals surface area contributed by atoms with Crippen molar-refractivity contribution in [1.82, 2.24) is 0 Å². The molecular formula is C22H34O2. The third-order valence-corrected chi connectivity index (χ3v) is 5.17. The van der Waals surface area contributed by atoms with E-state index < -0.39 is 0 Å². The van der Waals surface area contributed by atoms with Gasteiger partial charge in [0.05, 0.1) is 5.92 Å². The second-order valence-electron chi connectivity index (χ2n) is 7.26. The lowest BCUT2D eigenvalue weighted by Crippen LogP contribution is -2.06. The van der Waals surface area contributed by atoms with Gasteiger partial charge >= 0.3 is 5.97 Å². The van der Waals surface area contributed by atoms with Crippen molar-refractivity contribution in [2.45, 2.75) is 90.6 Å². The van der Waals surface area contributed by atoms with Crippen LogP contribution in [0.5, 0.6) is 0 Å². The van der Waals surface area contributed by atoms with Crippen molar-refractivity contribution in [1.29, 1.82) is 0 Å². The second-order valence-corrected chi connectivity index (χ2v) is 7.26. The minimum atomic E-state index is -0.0255. The van der Waals surface area contributed by atoms with Crippen LogP contribution < -0.4 is 0 Å². The highest BCUT2D eigenvalue weighted by atomic mass is 16.5. The summed E-state index contributed by atoms with van der Waals surface area (Å²) < 4.78 is 5.59. The average molecular weight is 331 g/mol. The van der Waals surface area contributed by atoms with Crippen LogP contribution in [0.15, 0.2) is 24.3 Å². The molecule has 1 aliphatic heterocycles. The zero-order valence-electron chi connectivity index (χ0n) is 15.6. The largest absolute Gasteiger partial charge is 0.457 e. The lowest BCUT2D eigenvalue weighted by atomic mass is 9.95. The molecule has 2 unspecified atom stereocenters. The van der Waals surface area contributed by atoms with Crippen LogP contribution in [-0.2, 0) is 16.0 Å². The van der Waals surface area contributed by atoms with Gasteiger partial charge in [-0.1, -0.05) is 83.1 Å². The number of hydrogen-bond acceptors (Lipinski definition) is 2. The molecule has 0 aromatic heterocycles. The number of rotatable bonds is 11. The highest BCUT2D eigenvalue weighted by Crippen LogP contribution is 2.36.